The number of rotatable bonds is 7. The lowest BCUT2D eigenvalue weighted by atomic mass is 9.85. The smallest absolute Gasteiger partial charge is 0.225 e. The van der Waals surface area contributed by atoms with E-state index >= 15 is 0 Å². The Morgan fingerprint density at radius 1 is 1.40 bits per heavy atom. The van der Waals surface area contributed by atoms with Crippen molar-refractivity contribution >= 4 is 5.95 Å². The molecule has 1 aliphatic rings. The van der Waals surface area contributed by atoms with Crippen molar-refractivity contribution in [3.8, 4) is 0 Å². The molecule has 20 heavy (non-hydrogen) atoms. The maximum atomic E-state index is 4.71. The molecular weight excluding hydrogens is 248 g/mol. The summed E-state index contributed by atoms with van der Waals surface area (Å²) in [6.07, 6.45) is 6.11. The van der Waals surface area contributed by atoms with Gasteiger partial charge in [0.15, 0.2) is 0 Å². The second-order valence-corrected chi connectivity index (χ2v) is 6.15. The molecule has 1 aromatic heterocycles. The summed E-state index contributed by atoms with van der Waals surface area (Å²) in [5, 5.41) is 3.42. The predicted octanol–water partition coefficient (Wildman–Crippen LogP) is 2.91. The fourth-order valence-corrected chi connectivity index (χ4v) is 2.46. The minimum absolute atomic E-state index is 0.486. The van der Waals surface area contributed by atoms with Gasteiger partial charge in [-0.25, -0.2) is 9.97 Å². The van der Waals surface area contributed by atoms with Crippen LogP contribution >= 0.6 is 0 Å². The Kier molecular flexibility index (Phi) is 5.35. The van der Waals surface area contributed by atoms with Crippen molar-refractivity contribution < 1.29 is 0 Å². The Balaban J connectivity index is 2.01. The van der Waals surface area contributed by atoms with Gasteiger partial charge in [0.2, 0.25) is 5.95 Å². The molecule has 2 rings (SSSR count). The van der Waals surface area contributed by atoms with Crippen LogP contribution in [0.25, 0.3) is 0 Å². The van der Waals surface area contributed by atoms with E-state index in [-0.39, 0.29) is 0 Å². The number of hydrogen-bond acceptors (Lipinski definition) is 4. The van der Waals surface area contributed by atoms with Gasteiger partial charge in [0.05, 0.1) is 0 Å². The van der Waals surface area contributed by atoms with Crippen LogP contribution in [0.3, 0.4) is 0 Å². The Bertz CT molecular complexity index is 426. The molecule has 0 saturated heterocycles. The van der Waals surface area contributed by atoms with Gasteiger partial charge in [-0.3, -0.25) is 0 Å². The number of anilines is 1. The lowest BCUT2D eigenvalue weighted by molar-refractivity contribution is 0.317. The summed E-state index contributed by atoms with van der Waals surface area (Å²) in [4.78, 5) is 11.6. The van der Waals surface area contributed by atoms with Crippen LogP contribution in [0.5, 0.6) is 0 Å². The highest BCUT2D eigenvalue weighted by molar-refractivity contribution is 5.33. The molecule has 0 amide bonds. The predicted molar refractivity (Wildman–Crippen MR) is 84.0 cm³/mol. The van der Waals surface area contributed by atoms with Gasteiger partial charge in [-0.1, -0.05) is 20.3 Å². The number of aromatic nitrogens is 2. The molecule has 1 N–H and O–H groups in total. The summed E-state index contributed by atoms with van der Waals surface area (Å²) in [7, 11) is 0. The molecule has 4 nitrogen and oxygen atoms in total. The van der Waals surface area contributed by atoms with Gasteiger partial charge in [0, 0.05) is 43.1 Å². The first kappa shape index (κ1) is 15.2. The molecule has 1 heterocycles. The molecule has 0 aromatic carbocycles. The van der Waals surface area contributed by atoms with Crippen LogP contribution in [-0.2, 0) is 6.54 Å². The van der Waals surface area contributed by atoms with Crippen molar-refractivity contribution in [1.82, 2.24) is 15.3 Å². The summed E-state index contributed by atoms with van der Waals surface area (Å²) in [5.41, 5.74) is 2.29. The van der Waals surface area contributed by atoms with Crippen LogP contribution in [0.1, 0.15) is 51.3 Å². The standard InChI is InChI=1S/C16H28N4/c1-5-20(11-14-7-6-8-14)16-18-10-15(13(4)19-16)9-17-12(2)3/h10,12,14,17H,5-9,11H2,1-4H3. The quantitative estimate of drug-likeness (QED) is 0.831. The van der Waals surface area contributed by atoms with Gasteiger partial charge < -0.3 is 10.2 Å². The first-order valence-electron chi connectivity index (χ1n) is 7.91. The molecule has 1 saturated carbocycles. The maximum Gasteiger partial charge on any atom is 0.225 e. The van der Waals surface area contributed by atoms with Crippen molar-refractivity contribution in [3.63, 3.8) is 0 Å². The van der Waals surface area contributed by atoms with E-state index in [4.69, 9.17) is 4.98 Å². The zero-order valence-electron chi connectivity index (χ0n) is 13.3. The minimum atomic E-state index is 0.486. The van der Waals surface area contributed by atoms with E-state index in [9.17, 15) is 0 Å². The summed E-state index contributed by atoms with van der Waals surface area (Å²) in [6.45, 7) is 11.5. The Labute approximate surface area is 123 Å². The first-order chi connectivity index (χ1) is 9.60. The molecule has 1 aromatic rings. The third-order valence-electron chi connectivity index (χ3n) is 4.14. The molecule has 112 valence electrons. The Morgan fingerprint density at radius 3 is 2.65 bits per heavy atom. The van der Waals surface area contributed by atoms with Crippen LogP contribution in [0.15, 0.2) is 6.20 Å². The lowest BCUT2D eigenvalue weighted by Gasteiger charge is -2.32. The summed E-state index contributed by atoms with van der Waals surface area (Å²) >= 11 is 0. The molecule has 4 heteroatoms. The minimum Gasteiger partial charge on any atom is -0.341 e. The van der Waals surface area contributed by atoms with Gasteiger partial charge in [-0.15, -0.1) is 0 Å². The fourth-order valence-electron chi connectivity index (χ4n) is 2.46. The zero-order valence-corrected chi connectivity index (χ0v) is 13.3. The van der Waals surface area contributed by atoms with Gasteiger partial charge in [-0.05, 0) is 32.6 Å². The summed E-state index contributed by atoms with van der Waals surface area (Å²) in [6, 6.07) is 0.486. The van der Waals surface area contributed by atoms with E-state index in [0.717, 1.165) is 37.2 Å². The van der Waals surface area contributed by atoms with Gasteiger partial charge in [0.1, 0.15) is 0 Å². The fraction of sp³-hybridized carbons (Fsp3) is 0.750. The van der Waals surface area contributed by atoms with Gasteiger partial charge in [0.25, 0.3) is 0 Å². The second-order valence-electron chi connectivity index (χ2n) is 6.15. The Hall–Kier alpha value is -1.16. The van der Waals surface area contributed by atoms with E-state index in [1.165, 1.54) is 24.8 Å². The van der Waals surface area contributed by atoms with Crippen molar-refractivity contribution in [3.05, 3.63) is 17.5 Å². The zero-order chi connectivity index (χ0) is 14.5. The van der Waals surface area contributed by atoms with E-state index in [1.54, 1.807) is 0 Å². The Morgan fingerprint density at radius 2 is 2.15 bits per heavy atom. The molecule has 0 unspecified atom stereocenters. The van der Waals surface area contributed by atoms with Crippen LogP contribution in [0.2, 0.25) is 0 Å². The van der Waals surface area contributed by atoms with Gasteiger partial charge >= 0.3 is 0 Å². The highest BCUT2D eigenvalue weighted by Gasteiger charge is 2.21. The van der Waals surface area contributed by atoms with Gasteiger partial charge in [-0.2, -0.15) is 0 Å². The van der Waals surface area contributed by atoms with Crippen molar-refractivity contribution in [1.29, 1.82) is 0 Å². The average Bonchev–Trinajstić information content (AvgIpc) is 2.36. The summed E-state index contributed by atoms with van der Waals surface area (Å²) in [5.74, 6) is 1.74. The normalized spacial score (nSPS) is 15.4. The largest absolute Gasteiger partial charge is 0.341 e. The molecule has 0 atom stereocenters. The second kappa shape index (κ2) is 7.02. The lowest BCUT2D eigenvalue weighted by Crippen LogP contribution is -2.34. The van der Waals surface area contributed by atoms with E-state index in [1.807, 2.05) is 6.20 Å². The van der Waals surface area contributed by atoms with E-state index < -0.39 is 0 Å². The molecular formula is C16H28N4. The molecule has 0 spiro atoms. The van der Waals surface area contributed by atoms with E-state index in [0.29, 0.717) is 6.04 Å². The van der Waals surface area contributed by atoms with Crippen LogP contribution in [0, 0.1) is 12.8 Å². The number of aryl methyl sites for hydroxylation is 1. The molecule has 0 radical (unpaired) electrons. The molecule has 1 fully saturated rings. The number of nitrogens with one attached hydrogen (secondary N) is 1. The third-order valence-corrected chi connectivity index (χ3v) is 4.14. The van der Waals surface area contributed by atoms with Crippen LogP contribution in [-0.4, -0.2) is 29.1 Å². The topological polar surface area (TPSA) is 41.1 Å². The first-order valence-corrected chi connectivity index (χ1v) is 7.91. The molecule has 0 bridgehead atoms. The van der Waals surface area contributed by atoms with Crippen molar-refractivity contribution in [2.45, 2.75) is 59.5 Å². The molecule has 0 aliphatic heterocycles. The highest BCUT2D eigenvalue weighted by Crippen LogP contribution is 2.28. The van der Waals surface area contributed by atoms with Crippen molar-refractivity contribution in [2.75, 3.05) is 18.0 Å². The maximum absolute atomic E-state index is 4.71. The van der Waals surface area contributed by atoms with E-state index in [2.05, 4.69) is 42.9 Å². The molecule has 1 aliphatic carbocycles. The monoisotopic (exact) mass is 276 g/mol. The highest BCUT2D eigenvalue weighted by atomic mass is 15.2. The van der Waals surface area contributed by atoms with Crippen molar-refractivity contribution in [2.24, 2.45) is 5.92 Å². The SMILES string of the molecule is CCN(CC1CCC1)c1ncc(CNC(C)C)c(C)n1. The third kappa shape index (κ3) is 3.92. The summed E-state index contributed by atoms with van der Waals surface area (Å²) < 4.78 is 0. The average molecular weight is 276 g/mol. The number of hydrogen-bond donors (Lipinski definition) is 1. The number of nitrogens with zero attached hydrogens (tertiary/aromatic N) is 3. The van der Waals surface area contributed by atoms with Crippen LogP contribution < -0.4 is 10.2 Å². The van der Waals surface area contributed by atoms with Crippen LogP contribution in [0.4, 0.5) is 5.95 Å².